The zero-order chi connectivity index (χ0) is 26.2. The molecule has 5 rings (SSSR count). The lowest BCUT2D eigenvalue weighted by molar-refractivity contribution is -0.113. The third kappa shape index (κ3) is 5.05. The quantitative estimate of drug-likeness (QED) is 0.269. The van der Waals surface area contributed by atoms with Gasteiger partial charge >= 0.3 is 0 Å². The van der Waals surface area contributed by atoms with Crippen LogP contribution < -0.4 is 9.62 Å². The van der Waals surface area contributed by atoms with E-state index in [4.69, 9.17) is 0 Å². The van der Waals surface area contributed by atoms with Gasteiger partial charge in [0.1, 0.15) is 16.5 Å². The Labute approximate surface area is 216 Å². The van der Waals surface area contributed by atoms with Gasteiger partial charge in [-0.1, -0.05) is 48.2 Å². The van der Waals surface area contributed by atoms with Gasteiger partial charge in [-0.2, -0.15) is 0 Å². The summed E-state index contributed by atoms with van der Waals surface area (Å²) in [5.74, 6) is -1.36. The highest BCUT2D eigenvalue weighted by Gasteiger charge is 2.36. The number of para-hydroxylation sites is 1. The molecule has 0 radical (unpaired) electrons. The molecule has 0 bridgehead atoms. The number of sulfonamides is 1. The zero-order valence-corrected chi connectivity index (χ0v) is 21.1. The molecular formula is C26H20F2N4O3S2. The molecule has 37 heavy (non-hydrogen) atoms. The van der Waals surface area contributed by atoms with Crippen molar-refractivity contribution in [3.05, 3.63) is 95.7 Å². The summed E-state index contributed by atoms with van der Waals surface area (Å²) >= 11 is 1.03. The predicted octanol–water partition coefficient (Wildman–Crippen LogP) is 5.17. The van der Waals surface area contributed by atoms with E-state index in [9.17, 15) is 22.0 Å². The number of aromatic nitrogens is 2. The van der Waals surface area contributed by atoms with E-state index >= 15 is 0 Å². The van der Waals surface area contributed by atoms with Crippen molar-refractivity contribution in [1.82, 2.24) is 9.97 Å². The number of fused-ring (bicyclic) bond motifs is 3. The van der Waals surface area contributed by atoms with E-state index in [1.807, 2.05) is 0 Å². The highest BCUT2D eigenvalue weighted by molar-refractivity contribution is 7.99. The fourth-order valence-electron chi connectivity index (χ4n) is 3.96. The van der Waals surface area contributed by atoms with E-state index in [0.717, 1.165) is 17.3 Å². The average molecular weight is 539 g/mol. The molecular weight excluding hydrogens is 518 g/mol. The number of benzene rings is 3. The lowest BCUT2D eigenvalue weighted by Crippen LogP contribution is -2.34. The molecule has 0 fully saturated rings. The van der Waals surface area contributed by atoms with Gasteiger partial charge in [0.05, 0.1) is 29.9 Å². The molecule has 7 nitrogen and oxygen atoms in total. The molecule has 0 saturated carbocycles. The minimum atomic E-state index is -4.04. The Morgan fingerprint density at radius 1 is 1.03 bits per heavy atom. The number of amides is 1. The van der Waals surface area contributed by atoms with Gasteiger partial charge in [0.15, 0.2) is 5.16 Å². The number of anilines is 2. The summed E-state index contributed by atoms with van der Waals surface area (Å²) in [4.78, 5) is 21.0. The van der Waals surface area contributed by atoms with Crippen LogP contribution in [0.2, 0.25) is 0 Å². The Hall–Kier alpha value is -3.83. The Balaban J connectivity index is 1.41. The highest BCUT2D eigenvalue weighted by atomic mass is 32.2. The molecule has 188 valence electrons. The molecule has 0 unspecified atom stereocenters. The summed E-state index contributed by atoms with van der Waals surface area (Å²) < 4.78 is 55.6. The van der Waals surface area contributed by atoms with E-state index < -0.39 is 21.7 Å². The predicted molar refractivity (Wildman–Crippen MR) is 138 cm³/mol. The summed E-state index contributed by atoms with van der Waals surface area (Å²) in [5, 5.41) is 2.88. The highest BCUT2D eigenvalue weighted by Crippen LogP contribution is 2.42. The van der Waals surface area contributed by atoms with Gasteiger partial charge in [-0.3, -0.25) is 9.10 Å². The number of carbonyl (C=O) groups excluding carboxylic acids is 1. The molecule has 0 atom stereocenters. The summed E-state index contributed by atoms with van der Waals surface area (Å²) in [6.45, 7) is 1.69. The van der Waals surface area contributed by atoms with Crippen molar-refractivity contribution in [2.24, 2.45) is 0 Å². The van der Waals surface area contributed by atoms with Crippen LogP contribution in [0.1, 0.15) is 11.1 Å². The van der Waals surface area contributed by atoms with E-state index in [1.165, 1.54) is 40.8 Å². The van der Waals surface area contributed by atoms with Crippen LogP contribution in [-0.2, 0) is 21.4 Å². The van der Waals surface area contributed by atoms with Gasteiger partial charge in [-0.25, -0.2) is 27.2 Å². The zero-order valence-electron chi connectivity index (χ0n) is 19.5. The van der Waals surface area contributed by atoms with Gasteiger partial charge in [-0.15, -0.1) is 0 Å². The first-order valence-corrected chi connectivity index (χ1v) is 13.6. The molecule has 1 N–H and O–H groups in total. The van der Waals surface area contributed by atoms with Gasteiger partial charge < -0.3 is 5.32 Å². The number of nitrogens with zero attached hydrogens (tertiary/aromatic N) is 3. The standard InChI is InChI=1S/C26H20F2N4O3S2/c1-16-9-10-19(28)12-21(16)30-24(33)15-36-26-29-13-23-25(31-26)20-7-2-3-8-22(20)32(37(23,34)35)14-17-5-4-6-18(27)11-17/h2-13H,14-15H2,1H3,(H,30,33). The van der Waals surface area contributed by atoms with Crippen molar-refractivity contribution >= 4 is 39.1 Å². The first-order valence-electron chi connectivity index (χ1n) is 11.1. The van der Waals surface area contributed by atoms with Crippen molar-refractivity contribution in [2.45, 2.75) is 23.5 Å². The molecule has 0 spiro atoms. The lowest BCUT2D eigenvalue weighted by Gasteiger charge is -2.31. The topological polar surface area (TPSA) is 92.3 Å². The number of hydrogen-bond acceptors (Lipinski definition) is 6. The van der Waals surface area contributed by atoms with Crippen LogP contribution in [0.25, 0.3) is 11.3 Å². The Morgan fingerprint density at radius 2 is 1.81 bits per heavy atom. The number of hydrogen-bond donors (Lipinski definition) is 1. The van der Waals surface area contributed by atoms with Crippen molar-refractivity contribution in [3.63, 3.8) is 0 Å². The molecule has 1 aliphatic heterocycles. The van der Waals surface area contributed by atoms with E-state index in [1.54, 1.807) is 43.3 Å². The maximum absolute atomic E-state index is 13.7. The van der Waals surface area contributed by atoms with Gasteiger partial charge in [0.25, 0.3) is 10.0 Å². The fourth-order valence-corrected chi connectivity index (χ4v) is 6.14. The smallest absolute Gasteiger partial charge is 0.268 e. The molecule has 4 aromatic rings. The van der Waals surface area contributed by atoms with Crippen molar-refractivity contribution in [3.8, 4) is 11.3 Å². The average Bonchev–Trinajstić information content (AvgIpc) is 2.87. The van der Waals surface area contributed by atoms with Crippen LogP contribution in [0, 0.1) is 18.6 Å². The van der Waals surface area contributed by atoms with Crippen LogP contribution in [0.15, 0.2) is 83.0 Å². The third-order valence-electron chi connectivity index (χ3n) is 5.75. The van der Waals surface area contributed by atoms with Gasteiger partial charge in [-0.05, 0) is 48.4 Å². The van der Waals surface area contributed by atoms with Crippen LogP contribution in [0.4, 0.5) is 20.2 Å². The van der Waals surface area contributed by atoms with E-state index in [2.05, 4.69) is 15.3 Å². The number of rotatable bonds is 6. The molecule has 1 aromatic heterocycles. The second-order valence-electron chi connectivity index (χ2n) is 8.32. The van der Waals surface area contributed by atoms with Gasteiger partial charge in [0, 0.05) is 11.3 Å². The van der Waals surface area contributed by atoms with Gasteiger partial charge in [0.2, 0.25) is 5.91 Å². The third-order valence-corrected chi connectivity index (χ3v) is 8.37. The number of nitrogens with one attached hydrogen (secondary N) is 1. The minimum Gasteiger partial charge on any atom is -0.325 e. The molecule has 0 aliphatic carbocycles. The normalized spacial score (nSPS) is 13.5. The monoisotopic (exact) mass is 538 g/mol. The SMILES string of the molecule is Cc1ccc(F)cc1NC(=O)CSc1ncc2c(n1)-c1ccccc1N(Cc1cccc(F)c1)S2(=O)=O. The molecule has 2 heterocycles. The molecule has 11 heteroatoms. The first kappa shape index (κ1) is 24.8. The number of thioether (sulfide) groups is 1. The van der Waals surface area contributed by atoms with Crippen LogP contribution in [0.3, 0.4) is 0 Å². The molecule has 1 amide bonds. The first-order chi connectivity index (χ1) is 17.7. The molecule has 3 aromatic carbocycles. The van der Waals surface area contributed by atoms with Crippen LogP contribution in [0.5, 0.6) is 0 Å². The second kappa shape index (κ2) is 9.91. The largest absolute Gasteiger partial charge is 0.325 e. The summed E-state index contributed by atoms with van der Waals surface area (Å²) in [6, 6.07) is 16.8. The van der Waals surface area contributed by atoms with Crippen molar-refractivity contribution in [2.75, 3.05) is 15.4 Å². The fraction of sp³-hybridized carbons (Fsp3) is 0.115. The Bertz CT molecular complexity index is 1630. The van der Waals surface area contributed by atoms with E-state index in [0.29, 0.717) is 22.5 Å². The molecule has 0 saturated heterocycles. The summed E-state index contributed by atoms with van der Waals surface area (Å²) in [6.07, 6.45) is 1.23. The maximum Gasteiger partial charge on any atom is 0.268 e. The number of halogens is 2. The second-order valence-corrected chi connectivity index (χ2v) is 11.1. The lowest BCUT2D eigenvalue weighted by atomic mass is 10.1. The summed E-state index contributed by atoms with van der Waals surface area (Å²) in [7, 11) is -4.04. The molecule has 1 aliphatic rings. The number of aryl methyl sites for hydroxylation is 1. The Kier molecular flexibility index (Phi) is 6.65. The van der Waals surface area contributed by atoms with Crippen LogP contribution in [-0.4, -0.2) is 30.0 Å². The number of carbonyl (C=O) groups is 1. The minimum absolute atomic E-state index is 0.0607. The van der Waals surface area contributed by atoms with Crippen molar-refractivity contribution in [1.29, 1.82) is 0 Å². The Morgan fingerprint density at radius 3 is 2.62 bits per heavy atom. The van der Waals surface area contributed by atoms with Crippen molar-refractivity contribution < 1.29 is 22.0 Å². The maximum atomic E-state index is 13.7. The van der Waals surface area contributed by atoms with E-state index in [-0.39, 0.29) is 34.0 Å². The van der Waals surface area contributed by atoms with Crippen LogP contribution >= 0.6 is 11.8 Å². The summed E-state index contributed by atoms with van der Waals surface area (Å²) in [5.41, 5.74) is 2.80.